The molecular weight excluding hydrogens is 252 g/mol. The number of nitrogens with zero attached hydrogens (tertiary/aromatic N) is 2. The monoisotopic (exact) mass is 264 g/mol. The summed E-state index contributed by atoms with van der Waals surface area (Å²) in [5, 5.41) is 13.6. The second-order valence-electron chi connectivity index (χ2n) is 4.08. The molecule has 0 aliphatic heterocycles. The van der Waals surface area contributed by atoms with Crippen molar-refractivity contribution < 1.29 is 9.90 Å². The van der Waals surface area contributed by atoms with E-state index in [9.17, 15) is 4.79 Å². The van der Waals surface area contributed by atoms with Crippen molar-refractivity contribution in [2.45, 2.75) is 19.8 Å². The maximum absolute atomic E-state index is 10.5. The van der Waals surface area contributed by atoms with Crippen LogP contribution in [0.4, 0.5) is 0 Å². The highest BCUT2D eigenvalue weighted by molar-refractivity contribution is 6.30. The van der Waals surface area contributed by atoms with Crippen LogP contribution in [0.2, 0.25) is 5.02 Å². The summed E-state index contributed by atoms with van der Waals surface area (Å²) in [6.45, 7) is 1.98. The van der Waals surface area contributed by atoms with E-state index < -0.39 is 5.97 Å². The number of rotatable bonds is 4. The Labute approximate surface area is 110 Å². The van der Waals surface area contributed by atoms with Gasteiger partial charge in [-0.05, 0) is 30.7 Å². The lowest BCUT2D eigenvalue weighted by Gasteiger charge is -2.06. The van der Waals surface area contributed by atoms with Gasteiger partial charge in [0.25, 0.3) is 0 Å². The molecule has 0 radical (unpaired) electrons. The second-order valence-corrected chi connectivity index (χ2v) is 4.51. The molecule has 2 aromatic rings. The molecule has 0 spiro atoms. The SMILES string of the molecule is Cc1ccc(Cl)cc1-n1ccc(CCC(=O)O)n1. The summed E-state index contributed by atoms with van der Waals surface area (Å²) >= 11 is 5.96. The maximum Gasteiger partial charge on any atom is 0.303 e. The summed E-state index contributed by atoms with van der Waals surface area (Å²) < 4.78 is 1.72. The predicted octanol–water partition coefficient (Wildman–Crippen LogP) is 2.85. The molecule has 4 nitrogen and oxygen atoms in total. The van der Waals surface area contributed by atoms with E-state index in [1.807, 2.05) is 37.4 Å². The Bertz CT molecular complexity index is 578. The van der Waals surface area contributed by atoms with E-state index in [1.54, 1.807) is 4.68 Å². The first-order valence-electron chi connectivity index (χ1n) is 5.59. The summed E-state index contributed by atoms with van der Waals surface area (Å²) in [6.07, 6.45) is 2.34. The zero-order valence-electron chi connectivity index (χ0n) is 9.93. The lowest BCUT2D eigenvalue weighted by Crippen LogP contribution is -2.01. The van der Waals surface area contributed by atoms with Gasteiger partial charge in [0.05, 0.1) is 17.8 Å². The fraction of sp³-hybridized carbons (Fsp3) is 0.231. The molecule has 0 amide bonds. The van der Waals surface area contributed by atoms with Crippen LogP contribution in [0.1, 0.15) is 17.7 Å². The van der Waals surface area contributed by atoms with Crippen LogP contribution in [-0.2, 0) is 11.2 Å². The highest BCUT2D eigenvalue weighted by Crippen LogP contribution is 2.19. The number of carbonyl (C=O) groups is 1. The zero-order chi connectivity index (χ0) is 13.1. The minimum Gasteiger partial charge on any atom is -0.481 e. The van der Waals surface area contributed by atoms with Crippen LogP contribution in [0.5, 0.6) is 0 Å². The van der Waals surface area contributed by atoms with Crippen molar-refractivity contribution in [1.29, 1.82) is 0 Å². The molecule has 1 N–H and O–H groups in total. The minimum atomic E-state index is -0.816. The van der Waals surface area contributed by atoms with Crippen LogP contribution < -0.4 is 0 Å². The van der Waals surface area contributed by atoms with Gasteiger partial charge in [0.1, 0.15) is 0 Å². The first kappa shape index (κ1) is 12.6. The Morgan fingerprint density at radius 3 is 2.94 bits per heavy atom. The first-order chi connectivity index (χ1) is 8.56. The van der Waals surface area contributed by atoms with E-state index in [4.69, 9.17) is 16.7 Å². The number of hydrogen-bond donors (Lipinski definition) is 1. The molecule has 0 fully saturated rings. The molecule has 0 unspecified atom stereocenters. The molecule has 1 aromatic carbocycles. The quantitative estimate of drug-likeness (QED) is 0.924. The van der Waals surface area contributed by atoms with E-state index in [1.165, 1.54) is 0 Å². The maximum atomic E-state index is 10.5. The van der Waals surface area contributed by atoms with Crippen molar-refractivity contribution in [3.8, 4) is 5.69 Å². The van der Waals surface area contributed by atoms with Crippen molar-refractivity contribution in [1.82, 2.24) is 9.78 Å². The molecular formula is C13H13ClN2O2. The predicted molar refractivity (Wildman–Crippen MR) is 69.3 cm³/mol. The number of halogens is 1. The van der Waals surface area contributed by atoms with Crippen LogP contribution in [0.15, 0.2) is 30.5 Å². The number of aromatic nitrogens is 2. The average Bonchev–Trinajstić information content (AvgIpc) is 2.78. The van der Waals surface area contributed by atoms with Gasteiger partial charge in [0.15, 0.2) is 0 Å². The number of hydrogen-bond acceptors (Lipinski definition) is 2. The fourth-order valence-corrected chi connectivity index (χ4v) is 1.86. The van der Waals surface area contributed by atoms with Crippen LogP contribution >= 0.6 is 11.6 Å². The largest absolute Gasteiger partial charge is 0.481 e. The number of carboxylic acids is 1. The molecule has 0 aliphatic carbocycles. The fourth-order valence-electron chi connectivity index (χ4n) is 1.69. The molecule has 0 bridgehead atoms. The lowest BCUT2D eigenvalue weighted by molar-refractivity contribution is -0.136. The van der Waals surface area contributed by atoms with E-state index in [0.717, 1.165) is 16.9 Å². The van der Waals surface area contributed by atoms with Crippen molar-refractivity contribution >= 4 is 17.6 Å². The average molecular weight is 265 g/mol. The molecule has 94 valence electrons. The summed E-state index contributed by atoms with van der Waals surface area (Å²) in [5.74, 6) is -0.816. The molecule has 0 atom stereocenters. The van der Waals surface area contributed by atoms with Crippen LogP contribution in [0.3, 0.4) is 0 Å². The molecule has 1 heterocycles. The molecule has 1 aromatic heterocycles. The number of carboxylic acid groups (broad SMARTS) is 1. The molecule has 18 heavy (non-hydrogen) atoms. The summed E-state index contributed by atoms with van der Waals surface area (Å²) in [4.78, 5) is 10.5. The summed E-state index contributed by atoms with van der Waals surface area (Å²) in [7, 11) is 0. The Kier molecular flexibility index (Phi) is 3.67. The van der Waals surface area contributed by atoms with Gasteiger partial charge >= 0.3 is 5.97 Å². The van der Waals surface area contributed by atoms with Gasteiger partial charge in [-0.2, -0.15) is 5.10 Å². The standard InChI is InChI=1S/C13H13ClN2O2/c1-9-2-3-10(14)8-12(9)16-7-6-11(15-16)4-5-13(17)18/h2-3,6-8H,4-5H2,1H3,(H,17,18). The van der Waals surface area contributed by atoms with E-state index in [-0.39, 0.29) is 6.42 Å². The second kappa shape index (κ2) is 5.23. The van der Waals surface area contributed by atoms with Gasteiger partial charge in [0, 0.05) is 17.6 Å². The lowest BCUT2D eigenvalue weighted by atomic mass is 10.2. The van der Waals surface area contributed by atoms with Gasteiger partial charge in [0.2, 0.25) is 0 Å². The van der Waals surface area contributed by atoms with Crippen molar-refractivity contribution in [2.24, 2.45) is 0 Å². The van der Waals surface area contributed by atoms with E-state index in [2.05, 4.69) is 5.10 Å². The highest BCUT2D eigenvalue weighted by Gasteiger charge is 2.06. The third kappa shape index (κ3) is 2.90. The molecule has 0 saturated heterocycles. The smallest absolute Gasteiger partial charge is 0.303 e. The van der Waals surface area contributed by atoms with E-state index in [0.29, 0.717) is 11.4 Å². The topological polar surface area (TPSA) is 55.1 Å². The van der Waals surface area contributed by atoms with Gasteiger partial charge in [-0.3, -0.25) is 4.79 Å². The Balaban J connectivity index is 2.23. The first-order valence-corrected chi connectivity index (χ1v) is 5.97. The molecule has 0 saturated carbocycles. The Morgan fingerprint density at radius 1 is 1.44 bits per heavy atom. The number of aryl methyl sites for hydroxylation is 2. The van der Waals surface area contributed by atoms with E-state index >= 15 is 0 Å². The van der Waals surface area contributed by atoms with Crippen molar-refractivity contribution in [3.63, 3.8) is 0 Å². The number of benzene rings is 1. The van der Waals surface area contributed by atoms with Crippen molar-refractivity contribution in [2.75, 3.05) is 0 Å². The van der Waals surface area contributed by atoms with Crippen LogP contribution in [0.25, 0.3) is 5.69 Å². The molecule has 2 rings (SSSR count). The third-order valence-corrected chi connectivity index (χ3v) is 2.89. The summed E-state index contributed by atoms with van der Waals surface area (Å²) in [5.41, 5.74) is 2.73. The van der Waals surface area contributed by atoms with Crippen LogP contribution in [-0.4, -0.2) is 20.9 Å². The normalized spacial score (nSPS) is 10.6. The zero-order valence-corrected chi connectivity index (χ0v) is 10.7. The van der Waals surface area contributed by atoms with Gasteiger partial charge in [-0.1, -0.05) is 17.7 Å². The van der Waals surface area contributed by atoms with Crippen LogP contribution in [0, 0.1) is 6.92 Å². The molecule has 5 heteroatoms. The van der Waals surface area contributed by atoms with Gasteiger partial charge in [-0.25, -0.2) is 4.68 Å². The van der Waals surface area contributed by atoms with Gasteiger partial charge in [-0.15, -0.1) is 0 Å². The molecule has 0 aliphatic rings. The highest BCUT2D eigenvalue weighted by atomic mass is 35.5. The number of aliphatic carboxylic acids is 1. The Morgan fingerprint density at radius 2 is 2.22 bits per heavy atom. The Hall–Kier alpha value is -1.81. The van der Waals surface area contributed by atoms with Crippen molar-refractivity contribution in [3.05, 3.63) is 46.7 Å². The van der Waals surface area contributed by atoms with Gasteiger partial charge < -0.3 is 5.11 Å². The summed E-state index contributed by atoms with van der Waals surface area (Å²) in [6, 6.07) is 7.42. The third-order valence-electron chi connectivity index (χ3n) is 2.66. The minimum absolute atomic E-state index is 0.0888.